The fraction of sp³-hybridized carbons (Fsp3) is 0.250. The van der Waals surface area contributed by atoms with E-state index in [4.69, 9.17) is 0 Å². The summed E-state index contributed by atoms with van der Waals surface area (Å²) >= 11 is 0. The number of rotatable bonds is 5. The third-order valence-electron chi connectivity index (χ3n) is 3.48. The molecule has 0 unspecified atom stereocenters. The van der Waals surface area contributed by atoms with Crippen molar-refractivity contribution in [2.24, 2.45) is 0 Å². The molecule has 2 aromatic rings. The van der Waals surface area contributed by atoms with Crippen molar-refractivity contribution in [3.8, 4) is 0 Å². The Kier molecular flexibility index (Phi) is 4.03. The van der Waals surface area contributed by atoms with E-state index < -0.39 is 0 Å². The molecular formula is C16H17NO3. The highest BCUT2D eigenvalue weighted by Crippen LogP contribution is 2.22. The Hall–Kier alpha value is -2.36. The fourth-order valence-electron chi connectivity index (χ4n) is 2.47. The van der Waals surface area contributed by atoms with Crippen molar-refractivity contribution < 1.29 is 14.8 Å². The quantitative estimate of drug-likeness (QED) is 0.517. The van der Waals surface area contributed by atoms with Gasteiger partial charge in [0.25, 0.3) is 0 Å². The lowest BCUT2D eigenvalue weighted by molar-refractivity contribution is 0.0955. The van der Waals surface area contributed by atoms with E-state index in [1.54, 1.807) is 6.92 Å². The predicted octanol–water partition coefficient (Wildman–Crippen LogP) is 2.83. The van der Waals surface area contributed by atoms with Gasteiger partial charge in [-0.1, -0.05) is 30.3 Å². The van der Waals surface area contributed by atoms with Crippen LogP contribution in [-0.4, -0.2) is 22.0 Å². The summed E-state index contributed by atoms with van der Waals surface area (Å²) in [7, 11) is 0. The number of hydrogen-bond donors (Lipinski definition) is 1. The highest BCUT2D eigenvalue weighted by molar-refractivity contribution is 5.97. The van der Waals surface area contributed by atoms with Crippen molar-refractivity contribution >= 4 is 12.1 Å². The molecule has 2 rings (SSSR count). The van der Waals surface area contributed by atoms with Crippen molar-refractivity contribution in [2.45, 2.75) is 26.7 Å². The van der Waals surface area contributed by atoms with Crippen molar-refractivity contribution in [3.05, 3.63) is 58.4 Å². The first-order valence-electron chi connectivity index (χ1n) is 6.49. The SMILES string of the molecule is CC(=O)c1c(C)c(C=O)c(CCc2ccccc2)n1O. The number of benzene rings is 1. The number of ketones is 1. The topological polar surface area (TPSA) is 59.3 Å². The molecule has 4 heteroatoms. The van der Waals surface area contributed by atoms with Gasteiger partial charge in [0, 0.05) is 12.5 Å². The van der Waals surface area contributed by atoms with Crippen molar-refractivity contribution in [2.75, 3.05) is 0 Å². The normalized spacial score (nSPS) is 10.5. The second kappa shape index (κ2) is 5.74. The molecule has 0 aliphatic heterocycles. The molecule has 1 aromatic carbocycles. The molecule has 0 aliphatic carbocycles. The molecule has 0 spiro atoms. The Balaban J connectivity index is 2.34. The van der Waals surface area contributed by atoms with Crippen LogP contribution in [0.4, 0.5) is 0 Å². The largest absolute Gasteiger partial charge is 0.428 e. The van der Waals surface area contributed by atoms with Crippen LogP contribution in [0.3, 0.4) is 0 Å². The van der Waals surface area contributed by atoms with Crippen LogP contribution in [-0.2, 0) is 12.8 Å². The number of hydrogen-bond acceptors (Lipinski definition) is 3. The zero-order valence-electron chi connectivity index (χ0n) is 11.6. The smallest absolute Gasteiger partial charge is 0.179 e. The summed E-state index contributed by atoms with van der Waals surface area (Å²) in [5.41, 5.74) is 2.75. The minimum atomic E-state index is -0.251. The number of aldehydes is 1. The summed E-state index contributed by atoms with van der Waals surface area (Å²) in [6, 6.07) is 9.81. The molecule has 20 heavy (non-hydrogen) atoms. The average molecular weight is 271 g/mol. The Morgan fingerprint density at radius 1 is 1.25 bits per heavy atom. The van der Waals surface area contributed by atoms with E-state index in [1.165, 1.54) is 6.92 Å². The molecule has 4 nitrogen and oxygen atoms in total. The summed E-state index contributed by atoms with van der Waals surface area (Å²) in [5.74, 6) is -0.251. The van der Waals surface area contributed by atoms with E-state index in [-0.39, 0.29) is 11.5 Å². The first kappa shape index (κ1) is 14.1. The van der Waals surface area contributed by atoms with Crippen LogP contribution in [0.15, 0.2) is 30.3 Å². The number of aromatic nitrogens is 1. The predicted molar refractivity (Wildman–Crippen MR) is 75.6 cm³/mol. The minimum Gasteiger partial charge on any atom is -0.428 e. The number of carbonyl (C=O) groups excluding carboxylic acids is 2. The van der Waals surface area contributed by atoms with Gasteiger partial charge in [-0.05, 0) is 30.9 Å². The molecule has 0 fully saturated rings. The first-order valence-corrected chi connectivity index (χ1v) is 6.49. The zero-order valence-corrected chi connectivity index (χ0v) is 11.6. The molecule has 104 valence electrons. The van der Waals surface area contributed by atoms with Crippen LogP contribution in [0.2, 0.25) is 0 Å². The monoisotopic (exact) mass is 271 g/mol. The highest BCUT2D eigenvalue weighted by Gasteiger charge is 2.21. The van der Waals surface area contributed by atoms with E-state index in [1.807, 2.05) is 30.3 Å². The van der Waals surface area contributed by atoms with Gasteiger partial charge in [0.1, 0.15) is 5.69 Å². The van der Waals surface area contributed by atoms with Crippen LogP contribution in [0.1, 0.15) is 44.6 Å². The van der Waals surface area contributed by atoms with Gasteiger partial charge in [0.15, 0.2) is 12.1 Å². The van der Waals surface area contributed by atoms with Crippen molar-refractivity contribution in [1.29, 1.82) is 0 Å². The molecule has 1 N–H and O–H groups in total. The van der Waals surface area contributed by atoms with Crippen LogP contribution >= 0.6 is 0 Å². The van der Waals surface area contributed by atoms with Crippen LogP contribution in [0, 0.1) is 6.92 Å². The molecule has 0 bridgehead atoms. The number of nitrogens with zero attached hydrogens (tertiary/aromatic N) is 1. The lowest BCUT2D eigenvalue weighted by Gasteiger charge is -2.05. The second-order valence-corrected chi connectivity index (χ2v) is 4.81. The summed E-state index contributed by atoms with van der Waals surface area (Å²) in [4.78, 5) is 22.8. The maximum atomic E-state index is 11.5. The molecular weight excluding hydrogens is 254 g/mol. The van der Waals surface area contributed by atoms with E-state index in [0.29, 0.717) is 35.9 Å². The van der Waals surface area contributed by atoms with E-state index >= 15 is 0 Å². The van der Waals surface area contributed by atoms with Gasteiger partial charge in [0.2, 0.25) is 0 Å². The van der Waals surface area contributed by atoms with Gasteiger partial charge < -0.3 is 5.21 Å². The Morgan fingerprint density at radius 2 is 1.90 bits per heavy atom. The van der Waals surface area contributed by atoms with E-state index in [2.05, 4.69) is 0 Å². The summed E-state index contributed by atoms with van der Waals surface area (Å²) in [5, 5.41) is 10.1. The molecule has 0 atom stereocenters. The zero-order chi connectivity index (χ0) is 14.7. The van der Waals surface area contributed by atoms with Crippen molar-refractivity contribution in [1.82, 2.24) is 4.73 Å². The van der Waals surface area contributed by atoms with Crippen LogP contribution < -0.4 is 0 Å². The lowest BCUT2D eigenvalue weighted by Crippen LogP contribution is -2.08. The Bertz CT molecular complexity index is 641. The first-order chi connectivity index (χ1) is 9.56. The number of carbonyl (C=O) groups is 2. The van der Waals surface area contributed by atoms with Gasteiger partial charge in [-0.2, -0.15) is 4.73 Å². The molecule has 0 saturated heterocycles. The van der Waals surface area contributed by atoms with Crippen LogP contribution in [0.25, 0.3) is 0 Å². The highest BCUT2D eigenvalue weighted by atomic mass is 16.5. The third kappa shape index (κ3) is 2.50. The molecule has 0 saturated carbocycles. The fourth-order valence-corrected chi connectivity index (χ4v) is 2.47. The Labute approximate surface area is 117 Å². The molecule has 0 radical (unpaired) electrons. The maximum Gasteiger partial charge on any atom is 0.179 e. The summed E-state index contributed by atoms with van der Waals surface area (Å²) in [6.07, 6.45) is 1.90. The van der Waals surface area contributed by atoms with Gasteiger partial charge in [-0.3, -0.25) is 9.59 Å². The second-order valence-electron chi connectivity index (χ2n) is 4.81. The van der Waals surface area contributed by atoms with Crippen molar-refractivity contribution in [3.63, 3.8) is 0 Å². The Morgan fingerprint density at radius 3 is 2.45 bits per heavy atom. The van der Waals surface area contributed by atoms with Gasteiger partial charge >= 0.3 is 0 Å². The van der Waals surface area contributed by atoms with Gasteiger partial charge in [0.05, 0.1) is 5.69 Å². The molecule has 0 amide bonds. The van der Waals surface area contributed by atoms with E-state index in [9.17, 15) is 14.8 Å². The maximum absolute atomic E-state index is 11.5. The summed E-state index contributed by atoms with van der Waals surface area (Å²) in [6.45, 7) is 3.06. The minimum absolute atomic E-state index is 0.190. The average Bonchev–Trinajstić information content (AvgIpc) is 2.67. The van der Waals surface area contributed by atoms with E-state index in [0.717, 1.165) is 10.3 Å². The summed E-state index contributed by atoms with van der Waals surface area (Å²) < 4.78 is 0.865. The number of Topliss-reactive ketones (excluding diaryl/α,β-unsaturated/α-hetero) is 1. The van der Waals surface area contributed by atoms with Gasteiger partial charge in [-0.25, -0.2) is 0 Å². The van der Waals surface area contributed by atoms with Crippen LogP contribution in [0.5, 0.6) is 0 Å². The molecule has 1 aromatic heterocycles. The molecule has 0 aliphatic rings. The number of aryl methyl sites for hydroxylation is 1. The third-order valence-corrected chi connectivity index (χ3v) is 3.48. The lowest BCUT2D eigenvalue weighted by atomic mass is 10.0. The van der Waals surface area contributed by atoms with Gasteiger partial charge in [-0.15, -0.1) is 0 Å². The standard InChI is InChI=1S/C16H17NO3/c1-11-14(10-18)15(17(20)16(11)12(2)19)9-8-13-6-4-3-5-7-13/h3-7,10,20H,8-9H2,1-2H3. The molecule has 1 heterocycles.